The summed E-state index contributed by atoms with van der Waals surface area (Å²) < 4.78 is 44.8. The van der Waals surface area contributed by atoms with Crippen molar-refractivity contribution >= 4 is 5.91 Å². The Hall–Kier alpha value is -2.76. The molecule has 1 amide bonds. The zero-order chi connectivity index (χ0) is 22.6. The molecule has 0 bridgehead atoms. The summed E-state index contributed by atoms with van der Waals surface area (Å²) in [6.45, 7) is 3.55. The van der Waals surface area contributed by atoms with Crippen molar-refractivity contribution in [2.75, 3.05) is 40.0 Å². The maximum atomic E-state index is 12.8. The summed E-state index contributed by atoms with van der Waals surface area (Å²) in [5.74, 6) is -1.76. The van der Waals surface area contributed by atoms with Gasteiger partial charge < -0.3 is 19.5 Å². The first-order valence-corrected chi connectivity index (χ1v) is 9.64. The lowest BCUT2D eigenvalue weighted by atomic mass is 10.1. The molecule has 2 aromatic rings. The van der Waals surface area contributed by atoms with Gasteiger partial charge in [-0.2, -0.15) is 13.2 Å². The number of alkyl halides is 3. The smallest absolute Gasteiger partial charge is 0.416 e. The van der Waals surface area contributed by atoms with Crippen molar-refractivity contribution in [1.29, 1.82) is 0 Å². The van der Waals surface area contributed by atoms with Gasteiger partial charge in [0.15, 0.2) is 5.75 Å². The highest BCUT2D eigenvalue weighted by Gasteiger charge is 2.30. The minimum Gasteiger partial charge on any atom is -0.503 e. The van der Waals surface area contributed by atoms with Crippen LogP contribution in [0.3, 0.4) is 0 Å². The van der Waals surface area contributed by atoms with Crippen LogP contribution in [0, 0.1) is 0 Å². The predicted molar refractivity (Wildman–Crippen MR) is 103 cm³/mol. The van der Waals surface area contributed by atoms with E-state index in [0.717, 1.165) is 30.3 Å². The molecule has 1 saturated heterocycles. The molecule has 170 valence electrons. The number of hydroxylamine groups is 2. The molecular weight excluding hydrogens is 419 g/mol. The van der Waals surface area contributed by atoms with Gasteiger partial charge in [0, 0.05) is 32.4 Å². The monoisotopic (exact) mass is 443 g/mol. The van der Waals surface area contributed by atoms with Crippen molar-refractivity contribution in [1.82, 2.24) is 14.5 Å². The molecule has 0 saturated carbocycles. The lowest BCUT2D eigenvalue weighted by molar-refractivity contribution is -0.137. The molecule has 1 aromatic carbocycles. The van der Waals surface area contributed by atoms with Gasteiger partial charge in [0.05, 0.1) is 32.4 Å². The van der Waals surface area contributed by atoms with Crippen LogP contribution in [0.4, 0.5) is 13.2 Å². The van der Waals surface area contributed by atoms with Crippen molar-refractivity contribution in [3.8, 4) is 11.6 Å². The van der Waals surface area contributed by atoms with Gasteiger partial charge in [-0.15, -0.1) is 0 Å². The number of rotatable bonds is 7. The molecule has 0 unspecified atom stereocenters. The molecule has 8 nitrogen and oxygen atoms in total. The standard InChI is InChI=1S/C20H24F3N3O5/c1-30-26(12-14-2-4-15(5-3-14)20(21,22)23)18(28)16-13-25(19(29)17(16)27)7-6-24-8-10-31-11-9-24/h2-5,13,27,29H,6-12H2,1H3. The second-order valence-electron chi connectivity index (χ2n) is 7.08. The Morgan fingerprint density at radius 1 is 1.16 bits per heavy atom. The Kier molecular flexibility index (Phi) is 7.08. The number of hydrogen-bond acceptors (Lipinski definition) is 6. The second-order valence-corrected chi connectivity index (χ2v) is 7.08. The molecule has 0 spiro atoms. The molecule has 0 radical (unpaired) electrons. The number of amides is 1. The zero-order valence-electron chi connectivity index (χ0n) is 16.9. The highest BCUT2D eigenvalue weighted by molar-refractivity contribution is 5.97. The van der Waals surface area contributed by atoms with Gasteiger partial charge in [0.25, 0.3) is 5.91 Å². The molecule has 0 atom stereocenters. The Morgan fingerprint density at radius 2 is 1.81 bits per heavy atom. The van der Waals surface area contributed by atoms with Crippen LogP contribution in [0.25, 0.3) is 0 Å². The maximum Gasteiger partial charge on any atom is 0.416 e. The summed E-state index contributed by atoms with van der Waals surface area (Å²) in [7, 11) is 1.23. The van der Waals surface area contributed by atoms with E-state index >= 15 is 0 Å². The summed E-state index contributed by atoms with van der Waals surface area (Å²) in [6, 6.07) is 4.32. The molecule has 3 rings (SSSR count). The molecule has 1 aliphatic rings. The van der Waals surface area contributed by atoms with Crippen LogP contribution in [0.2, 0.25) is 0 Å². The van der Waals surface area contributed by atoms with Crippen molar-refractivity contribution in [2.45, 2.75) is 19.3 Å². The van der Waals surface area contributed by atoms with Gasteiger partial charge >= 0.3 is 6.18 Å². The molecule has 0 aliphatic carbocycles. The third-order valence-corrected chi connectivity index (χ3v) is 5.07. The maximum absolute atomic E-state index is 12.8. The molecule has 1 aromatic heterocycles. The summed E-state index contributed by atoms with van der Waals surface area (Å²) in [6.07, 6.45) is -3.13. The summed E-state index contributed by atoms with van der Waals surface area (Å²) in [5, 5.41) is 21.3. The highest BCUT2D eigenvalue weighted by atomic mass is 19.4. The summed E-state index contributed by atoms with van der Waals surface area (Å²) in [5.41, 5.74) is -0.571. The van der Waals surface area contributed by atoms with Crippen molar-refractivity contribution in [3.63, 3.8) is 0 Å². The van der Waals surface area contributed by atoms with Crippen LogP contribution in [0.15, 0.2) is 30.5 Å². The average molecular weight is 443 g/mol. The number of aromatic nitrogens is 1. The van der Waals surface area contributed by atoms with E-state index in [1.54, 1.807) is 0 Å². The summed E-state index contributed by atoms with van der Waals surface area (Å²) >= 11 is 0. The van der Waals surface area contributed by atoms with Crippen molar-refractivity contribution < 1.29 is 37.8 Å². The average Bonchev–Trinajstić information content (AvgIpc) is 3.04. The van der Waals surface area contributed by atoms with Crippen molar-refractivity contribution in [2.24, 2.45) is 0 Å². The Balaban J connectivity index is 1.69. The number of ether oxygens (including phenoxy) is 1. The summed E-state index contributed by atoms with van der Waals surface area (Å²) in [4.78, 5) is 20.0. The molecular formula is C20H24F3N3O5. The van der Waals surface area contributed by atoms with Crippen LogP contribution in [-0.2, 0) is 28.8 Å². The number of morpholine rings is 1. The number of halogens is 3. The highest BCUT2D eigenvalue weighted by Crippen LogP contribution is 2.33. The van der Waals surface area contributed by atoms with Crippen LogP contribution in [0.1, 0.15) is 21.5 Å². The van der Waals surface area contributed by atoms with E-state index in [2.05, 4.69) is 4.90 Å². The van der Waals surface area contributed by atoms with E-state index in [9.17, 15) is 28.2 Å². The van der Waals surface area contributed by atoms with Gasteiger partial charge in [-0.3, -0.25) is 14.5 Å². The Morgan fingerprint density at radius 3 is 2.39 bits per heavy atom. The molecule has 2 heterocycles. The molecule has 1 aliphatic heterocycles. The first kappa shape index (κ1) is 22.9. The number of benzene rings is 1. The number of carbonyl (C=O) groups is 1. The minimum atomic E-state index is -4.46. The number of nitrogens with zero attached hydrogens (tertiary/aromatic N) is 3. The number of aromatic hydroxyl groups is 2. The van der Waals surface area contributed by atoms with E-state index in [0.29, 0.717) is 31.9 Å². The minimum absolute atomic E-state index is 0.146. The van der Waals surface area contributed by atoms with Crippen LogP contribution in [-0.4, -0.2) is 70.6 Å². The van der Waals surface area contributed by atoms with Gasteiger partial charge in [0.1, 0.15) is 5.56 Å². The molecule has 1 fully saturated rings. The van der Waals surface area contributed by atoms with E-state index in [1.807, 2.05) is 0 Å². The van der Waals surface area contributed by atoms with E-state index < -0.39 is 29.3 Å². The lowest BCUT2D eigenvalue weighted by Gasteiger charge is -2.26. The van der Waals surface area contributed by atoms with E-state index in [4.69, 9.17) is 9.57 Å². The zero-order valence-corrected chi connectivity index (χ0v) is 16.9. The SMILES string of the molecule is CON(Cc1ccc(C(F)(F)F)cc1)C(=O)c1cn(CCN2CCOCC2)c(O)c1O. The Labute approximate surface area is 176 Å². The van der Waals surface area contributed by atoms with E-state index in [-0.39, 0.29) is 12.1 Å². The number of hydrogen-bond donors (Lipinski definition) is 2. The van der Waals surface area contributed by atoms with Gasteiger partial charge in [-0.25, -0.2) is 5.06 Å². The fourth-order valence-corrected chi connectivity index (χ4v) is 3.25. The predicted octanol–water partition coefficient (Wildman–Crippen LogP) is 2.45. The number of carbonyl (C=O) groups excluding carboxylic acids is 1. The molecule has 2 N–H and O–H groups in total. The van der Waals surface area contributed by atoms with Gasteiger partial charge in [-0.05, 0) is 17.7 Å². The fourth-order valence-electron chi connectivity index (χ4n) is 3.25. The quantitative estimate of drug-likeness (QED) is 0.640. The Bertz CT molecular complexity index is 893. The van der Waals surface area contributed by atoms with Crippen LogP contribution in [0.5, 0.6) is 11.6 Å². The third-order valence-electron chi connectivity index (χ3n) is 5.07. The van der Waals surface area contributed by atoms with Crippen LogP contribution < -0.4 is 0 Å². The van der Waals surface area contributed by atoms with Gasteiger partial charge in [-0.1, -0.05) is 12.1 Å². The largest absolute Gasteiger partial charge is 0.503 e. The fraction of sp³-hybridized carbons (Fsp3) is 0.450. The first-order chi connectivity index (χ1) is 14.7. The van der Waals surface area contributed by atoms with Crippen molar-refractivity contribution in [3.05, 3.63) is 47.2 Å². The van der Waals surface area contributed by atoms with Crippen LogP contribution >= 0.6 is 0 Å². The van der Waals surface area contributed by atoms with Gasteiger partial charge in [0.2, 0.25) is 5.88 Å². The normalized spacial score (nSPS) is 15.2. The first-order valence-electron chi connectivity index (χ1n) is 9.64. The molecule has 11 heteroatoms. The topological polar surface area (TPSA) is 87.4 Å². The lowest BCUT2D eigenvalue weighted by Crippen LogP contribution is -2.38. The third kappa shape index (κ3) is 5.49. The molecule has 31 heavy (non-hydrogen) atoms. The second kappa shape index (κ2) is 9.58. The van der Waals surface area contributed by atoms with E-state index in [1.165, 1.54) is 30.0 Å².